The third kappa shape index (κ3) is 5.84. The van der Waals surface area contributed by atoms with E-state index < -0.39 is 5.97 Å². The molecule has 0 saturated carbocycles. The van der Waals surface area contributed by atoms with E-state index in [1.807, 2.05) is 63.7 Å². The Kier molecular flexibility index (Phi) is 9.03. The predicted molar refractivity (Wildman–Crippen MR) is 113 cm³/mol. The number of para-hydroxylation sites is 2. The van der Waals surface area contributed by atoms with E-state index in [-0.39, 0.29) is 41.7 Å². The minimum absolute atomic E-state index is 0. The molecule has 0 amide bonds. The van der Waals surface area contributed by atoms with Crippen molar-refractivity contribution in [2.75, 3.05) is 0 Å². The fourth-order valence-electron chi connectivity index (χ4n) is 3.48. The molecular weight excluding hydrogens is 363 g/mol. The van der Waals surface area contributed by atoms with Crippen molar-refractivity contribution in [3.63, 3.8) is 0 Å². The molecule has 1 N–H and O–H groups in total. The van der Waals surface area contributed by atoms with Crippen LogP contribution in [-0.2, 0) is 17.9 Å². The average Bonchev–Trinajstić information content (AvgIpc) is 2.93. The molecule has 3 rings (SSSR count). The zero-order valence-corrected chi connectivity index (χ0v) is 18.5. The molecule has 0 atom stereocenters. The van der Waals surface area contributed by atoms with Gasteiger partial charge >= 0.3 is 11.7 Å². The summed E-state index contributed by atoms with van der Waals surface area (Å²) in [4.78, 5) is 23.5. The predicted octanol–water partition coefficient (Wildman–Crippen LogP) is 3.90. The average molecular weight is 389 g/mol. The van der Waals surface area contributed by atoms with Gasteiger partial charge in [0.25, 0.3) is 0 Å². The van der Waals surface area contributed by atoms with Gasteiger partial charge in [-0.25, -0.2) is 4.79 Å². The summed E-state index contributed by atoms with van der Waals surface area (Å²) in [6.45, 7) is 1.27. The number of imidazole rings is 1. The largest absolute Gasteiger partial charge is 0.481 e. The summed E-state index contributed by atoms with van der Waals surface area (Å²) in [7, 11) is 0. The fraction of sp³-hybridized carbons (Fsp3) is 0.364. The standard InChI is InChI=1S/C22H26N2O3.Na/c25-21(26)15-7-2-1-3-10-16-23-19-13-8-9-14-20(19)24(22(23)27)17-18-11-5-4-6-12-18;/h4-6,8-9,11-14H,1-3,7,10,15-17H2,(H,25,26);. The van der Waals surface area contributed by atoms with Gasteiger partial charge in [-0.05, 0) is 30.5 Å². The van der Waals surface area contributed by atoms with Crippen LogP contribution in [-0.4, -0.2) is 49.8 Å². The molecule has 6 heteroatoms. The molecule has 0 aliphatic heterocycles. The van der Waals surface area contributed by atoms with Crippen molar-refractivity contribution in [3.05, 3.63) is 70.6 Å². The van der Waals surface area contributed by atoms with Crippen LogP contribution >= 0.6 is 0 Å². The van der Waals surface area contributed by atoms with Crippen LogP contribution in [0.5, 0.6) is 0 Å². The Balaban J connectivity index is 0.00000280. The van der Waals surface area contributed by atoms with E-state index in [4.69, 9.17) is 5.11 Å². The molecule has 3 aromatic rings. The number of benzene rings is 2. The maximum atomic E-state index is 13.0. The van der Waals surface area contributed by atoms with Gasteiger partial charge in [0.2, 0.25) is 0 Å². The van der Waals surface area contributed by atoms with Gasteiger partial charge in [0.05, 0.1) is 17.6 Å². The molecule has 28 heavy (non-hydrogen) atoms. The first-order chi connectivity index (χ1) is 13.2. The third-order valence-electron chi connectivity index (χ3n) is 4.88. The van der Waals surface area contributed by atoms with Crippen molar-refractivity contribution >= 4 is 46.6 Å². The molecule has 1 heterocycles. The molecule has 0 bridgehead atoms. The number of carboxylic acids is 1. The summed E-state index contributed by atoms with van der Waals surface area (Å²) >= 11 is 0. The summed E-state index contributed by atoms with van der Waals surface area (Å²) in [5, 5.41) is 8.66. The minimum Gasteiger partial charge on any atom is -0.481 e. The molecular formula is C22H26N2NaO3. The van der Waals surface area contributed by atoms with Gasteiger partial charge in [0.1, 0.15) is 0 Å². The normalized spacial score (nSPS) is 10.7. The second kappa shape index (κ2) is 11.2. The maximum absolute atomic E-state index is 13.0. The Labute approximate surface area is 187 Å². The molecule has 0 aliphatic rings. The van der Waals surface area contributed by atoms with E-state index in [1.54, 1.807) is 0 Å². The van der Waals surface area contributed by atoms with Crippen molar-refractivity contribution in [2.45, 2.75) is 51.6 Å². The van der Waals surface area contributed by atoms with Gasteiger partial charge in [0, 0.05) is 42.5 Å². The molecule has 0 unspecified atom stereocenters. The van der Waals surface area contributed by atoms with Gasteiger partial charge in [-0.2, -0.15) is 0 Å². The molecule has 0 saturated heterocycles. The number of aromatic nitrogens is 2. The number of hydrogen-bond donors (Lipinski definition) is 1. The number of nitrogens with zero attached hydrogens (tertiary/aromatic N) is 2. The van der Waals surface area contributed by atoms with Gasteiger partial charge in [-0.1, -0.05) is 61.7 Å². The first kappa shape index (κ1) is 22.5. The second-order valence-electron chi connectivity index (χ2n) is 6.91. The SMILES string of the molecule is O=C(O)CCCCCCCn1c(=O)n(Cc2ccccc2)c2ccccc21.[Na]. The molecule has 1 aromatic heterocycles. The summed E-state index contributed by atoms with van der Waals surface area (Å²) in [5.74, 6) is -0.729. The van der Waals surface area contributed by atoms with E-state index in [9.17, 15) is 9.59 Å². The van der Waals surface area contributed by atoms with Crippen molar-refractivity contribution in [1.82, 2.24) is 9.13 Å². The molecule has 0 fully saturated rings. The number of carboxylic acid groups (broad SMARTS) is 1. The van der Waals surface area contributed by atoms with Crippen LogP contribution in [0, 0.1) is 0 Å². The Morgan fingerprint density at radius 1 is 0.786 bits per heavy atom. The molecule has 0 aliphatic carbocycles. The fourth-order valence-corrected chi connectivity index (χ4v) is 3.48. The number of aliphatic carboxylic acids is 1. The number of rotatable bonds is 10. The van der Waals surface area contributed by atoms with Crippen LogP contribution in [0.3, 0.4) is 0 Å². The van der Waals surface area contributed by atoms with Crippen LogP contribution in [0.25, 0.3) is 11.0 Å². The molecule has 5 nitrogen and oxygen atoms in total. The first-order valence-electron chi connectivity index (χ1n) is 9.60. The molecule has 0 spiro atoms. The Bertz CT molecular complexity index is 947. The Morgan fingerprint density at radius 3 is 2.04 bits per heavy atom. The van der Waals surface area contributed by atoms with E-state index in [2.05, 4.69) is 0 Å². The number of carbonyl (C=O) groups is 1. The second-order valence-corrected chi connectivity index (χ2v) is 6.91. The van der Waals surface area contributed by atoms with Crippen LogP contribution in [0.1, 0.15) is 44.1 Å². The van der Waals surface area contributed by atoms with Crippen LogP contribution in [0.2, 0.25) is 0 Å². The summed E-state index contributed by atoms with van der Waals surface area (Å²) in [6.07, 6.45) is 4.83. The number of unbranched alkanes of at least 4 members (excludes halogenated alkanes) is 4. The van der Waals surface area contributed by atoms with Gasteiger partial charge in [0.15, 0.2) is 0 Å². The topological polar surface area (TPSA) is 64.2 Å². The van der Waals surface area contributed by atoms with Gasteiger partial charge < -0.3 is 5.11 Å². The minimum atomic E-state index is -0.729. The number of aryl methyl sites for hydroxylation is 1. The summed E-state index contributed by atoms with van der Waals surface area (Å²) < 4.78 is 3.72. The van der Waals surface area contributed by atoms with Crippen molar-refractivity contribution in [2.24, 2.45) is 0 Å². The van der Waals surface area contributed by atoms with E-state index in [1.165, 1.54) is 0 Å². The third-order valence-corrected chi connectivity index (χ3v) is 4.88. The Hall–Kier alpha value is -1.82. The summed E-state index contributed by atoms with van der Waals surface area (Å²) in [5.41, 5.74) is 3.09. The quantitative estimate of drug-likeness (QED) is 0.423. The smallest absolute Gasteiger partial charge is 0.329 e. The molecule has 1 radical (unpaired) electrons. The molecule has 143 valence electrons. The maximum Gasteiger partial charge on any atom is 0.329 e. The van der Waals surface area contributed by atoms with Gasteiger partial charge in [-0.3, -0.25) is 13.9 Å². The van der Waals surface area contributed by atoms with Crippen LogP contribution < -0.4 is 5.69 Å². The van der Waals surface area contributed by atoms with Crippen molar-refractivity contribution in [1.29, 1.82) is 0 Å². The van der Waals surface area contributed by atoms with E-state index in [0.717, 1.165) is 48.7 Å². The van der Waals surface area contributed by atoms with E-state index >= 15 is 0 Å². The van der Waals surface area contributed by atoms with Gasteiger partial charge in [-0.15, -0.1) is 0 Å². The monoisotopic (exact) mass is 389 g/mol. The number of hydrogen-bond acceptors (Lipinski definition) is 2. The number of fused-ring (bicyclic) bond motifs is 1. The zero-order valence-electron chi connectivity index (χ0n) is 16.5. The zero-order chi connectivity index (χ0) is 19.1. The van der Waals surface area contributed by atoms with Crippen LogP contribution in [0.4, 0.5) is 0 Å². The van der Waals surface area contributed by atoms with Crippen LogP contribution in [0.15, 0.2) is 59.4 Å². The van der Waals surface area contributed by atoms with E-state index in [0.29, 0.717) is 13.1 Å². The van der Waals surface area contributed by atoms with Crippen molar-refractivity contribution < 1.29 is 9.90 Å². The van der Waals surface area contributed by atoms with Crippen molar-refractivity contribution in [3.8, 4) is 0 Å². The Morgan fingerprint density at radius 2 is 1.36 bits per heavy atom. The summed E-state index contributed by atoms with van der Waals surface area (Å²) in [6, 6.07) is 18.0. The first-order valence-corrected chi connectivity index (χ1v) is 9.60. The molecule has 2 aromatic carbocycles.